The maximum atomic E-state index is 11.7. The molecule has 0 aromatic rings. The molecule has 2 saturated heterocycles. The number of hydrogen-bond donors (Lipinski definition) is 1. The second kappa shape index (κ2) is 4.39. The van der Waals surface area contributed by atoms with Gasteiger partial charge in [-0.3, -0.25) is 0 Å². The first-order valence-corrected chi connectivity index (χ1v) is 7.64. The standard InChI is InChI=1S/C10H20N2O2S/c1-15(13,14)12-8-3-2-6-10(12)9-5-4-7-11-9/h9-11H,2-8H2,1H3. The number of hydrogen-bond acceptors (Lipinski definition) is 3. The van der Waals surface area contributed by atoms with Crippen molar-refractivity contribution in [3.05, 3.63) is 0 Å². The summed E-state index contributed by atoms with van der Waals surface area (Å²) in [5, 5.41) is 3.42. The third-order valence-electron chi connectivity index (χ3n) is 3.49. The van der Waals surface area contributed by atoms with Crippen molar-refractivity contribution in [2.24, 2.45) is 0 Å². The summed E-state index contributed by atoms with van der Waals surface area (Å²) in [5.74, 6) is 0. The Morgan fingerprint density at radius 3 is 2.60 bits per heavy atom. The van der Waals surface area contributed by atoms with E-state index in [-0.39, 0.29) is 6.04 Å². The van der Waals surface area contributed by atoms with Crippen LogP contribution in [0.15, 0.2) is 0 Å². The van der Waals surface area contributed by atoms with E-state index in [2.05, 4.69) is 5.32 Å². The Bertz CT molecular complexity index is 309. The largest absolute Gasteiger partial charge is 0.312 e. The van der Waals surface area contributed by atoms with E-state index >= 15 is 0 Å². The zero-order valence-corrected chi connectivity index (χ0v) is 10.1. The Morgan fingerprint density at radius 2 is 2.00 bits per heavy atom. The Hall–Kier alpha value is -0.130. The molecule has 0 aliphatic carbocycles. The number of sulfonamides is 1. The van der Waals surface area contributed by atoms with E-state index in [0.717, 1.165) is 32.2 Å². The molecule has 0 radical (unpaired) electrons. The van der Waals surface area contributed by atoms with E-state index in [1.54, 1.807) is 4.31 Å². The number of nitrogens with zero attached hydrogens (tertiary/aromatic N) is 1. The zero-order chi connectivity index (χ0) is 10.9. The molecule has 2 heterocycles. The minimum atomic E-state index is -3.02. The molecule has 1 N–H and O–H groups in total. The zero-order valence-electron chi connectivity index (χ0n) is 9.28. The van der Waals surface area contributed by atoms with Crippen molar-refractivity contribution in [2.75, 3.05) is 19.3 Å². The summed E-state index contributed by atoms with van der Waals surface area (Å²) >= 11 is 0. The van der Waals surface area contributed by atoms with Crippen molar-refractivity contribution in [1.82, 2.24) is 9.62 Å². The third-order valence-corrected chi connectivity index (χ3v) is 4.79. The minimum Gasteiger partial charge on any atom is -0.312 e. The molecule has 2 aliphatic heterocycles. The number of nitrogens with one attached hydrogen (secondary N) is 1. The van der Waals surface area contributed by atoms with E-state index in [0.29, 0.717) is 12.6 Å². The molecule has 0 saturated carbocycles. The monoisotopic (exact) mass is 232 g/mol. The van der Waals surface area contributed by atoms with Crippen LogP contribution in [0.4, 0.5) is 0 Å². The molecular weight excluding hydrogens is 212 g/mol. The van der Waals surface area contributed by atoms with Crippen LogP contribution in [0.1, 0.15) is 32.1 Å². The predicted octanol–water partition coefficient (Wildman–Crippen LogP) is 0.552. The molecule has 15 heavy (non-hydrogen) atoms. The molecule has 5 heteroatoms. The molecule has 0 spiro atoms. The first-order chi connectivity index (χ1) is 7.09. The van der Waals surface area contributed by atoms with Crippen LogP contribution >= 0.6 is 0 Å². The van der Waals surface area contributed by atoms with Crippen molar-refractivity contribution in [3.63, 3.8) is 0 Å². The van der Waals surface area contributed by atoms with Gasteiger partial charge in [0.15, 0.2) is 0 Å². The number of rotatable bonds is 2. The van der Waals surface area contributed by atoms with Crippen molar-refractivity contribution < 1.29 is 8.42 Å². The fourth-order valence-electron chi connectivity index (χ4n) is 2.78. The van der Waals surface area contributed by atoms with Crippen LogP contribution in [-0.4, -0.2) is 44.2 Å². The van der Waals surface area contributed by atoms with Gasteiger partial charge in [0.05, 0.1) is 6.26 Å². The molecule has 2 rings (SSSR count). The predicted molar refractivity (Wildman–Crippen MR) is 60.2 cm³/mol. The van der Waals surface area contributed by atoms with Crippen LogP contribution in [0.3, 0.4) is 0 Å². The SMILES string of the molecule is CS(=O)(=O)N1CCCCC1C1CCCN1. The highest BCUT2D eigenvalue weighted by atomic mass is 32.2. The maximum Gasteiger partial charge on any atom is 0.211 e. The molecule has 88 valence electrons. The van der Waals surface area contributed by atoms with Crippen molar-refractivity contribution >= 4 is 10.0 Å². The summed E-state index contributed by atoms with van der Waals surface area (Å²) in [6.07, 6.45) is 6.83. The van der Waals surface area contributed by atoms with Crippen LogP contribution in [0.25, 0.3) is 0 Å². The molecule has 0 bridgehead atoms. The summed E-state index contributed by atoms with van der Waals surface area (Å²) in [6.45, 7) is 1.75. The van der Waals surface area contributed by atoms with Gasteiger partial charge in [0.25, 0.3) is 0 Å². The summed E-state index contributed by atoms with van der Waals surface area (Å²) in [7, 11) is -3.02. The third kappa shape index (κ3) is 2.52. The lowest BCUT2D eigenvalue weighted by atomic mass is 9.97. The molecule has 4 nitrogen and oxygen atoms in total. The first kappa shape index (κ1) is 11.4. The van der Waals surface area contributed by atoms with E-state index in [4.69, 9.17) is 0 Å². The van der Waals surface area contributed by atoms with Gasteiger partial charge in [-0.25, -0.2) is 8.42 Å². The molecule has 2 atom stereocenters. The lowest BCUT2D eigenvalue weighted by Crippen LogP contribution is -2.52. The van der Waals surface area contributed by atoms with Gasteiger partial charge >= 0.3 is 0 Å². The summed E-state index contributed by atoms with van der Waals surface area (Å²) in [4.78, 5) is 0. The first-order valence-electron chi connectivity index (χ1n) is 5.79. The molecule has 2 aliphatic rings. The highest BCUT2D eigenvalue weighted by Crippen LogP contribution is 2.25. The van der Waals surface area contributed by atoms with Crippen LogP contribution < -0.4 is 5.32 Å². The van der Waals surface area contributed by atoms with E-state index in [9.17, 15) is 8.42 Å². The molecule has 2 fully saturated rings. The van der Waals surface area contributed by atoms with E-state index in [1.165, 1.54) is 12.7 Å². The number of piperidine rings is 1. The molecule has 0 aromatic carbocycles. The van der Waals surface area contributed by atoms with E-state index < -0.39 is 10.0 Å². The van der Waals surface area contributed by atoms with Gasteiger partial charge in [-0.05, 0) is 32.2 Å². The van der Waals surface area contributed by atoms with Crippen LogP contribution in [-0.2, 0) is 10.0 Å². The normalized spacial score (nSPS) is 34.5. The topological polar surface area (TPSA) is 49.4 Å². The second-order valence-corrected chi connectivity index (χ2v) is 6.57. The van der Waals surface area contributed by atoms with Crippen LogP contribution in [0.2, 0.25) is 0 Å². The molecule has 0 amide bonds. The fourth-order valence-corrected chi connectivity index (χ4v) is 3.99. The van der Waals surface area contributed by atoms with Crippen LogP contribution in [0.5, 0.6) is 0 Å². The highest BCUT2D eigenvalue weighted by Gasteiger charge is 2.35. The van der Waals surface area contributed by atoms with Gasteiger partial charge in [-0.15, -0.1) is 0 Å². The van der Waals surface area contributed by atoms with Gasteiger partial charge in [0.1, 0.15) is 0 Å². The summed E-state index contributed by atoms with van der Waals surface area (Å²) < 4.78 is 25.0. The lowest BCUT2D eigenvalue weighted by Gasteiger charge is -2.37. The average Bonchev–Trinajstić information content (AvgIpc) is 2.69. The maximum absolute atomic E-state index is 11.7. The summed E-state index contributed by atoms with van der Waals surface area (Å²) in [6, 6.07) is 0.594. The molecule has 2 unspecified atom stereocenters. The quantitative estimate of drug-likeness (QED) is 0.756. The Morgan fingerprint density at radius 1 is 1.20 bits per heavy atom. The lowest BCUT2D eigenvalue weighted by molar-refractivity contribution is 0.212. The Balaban J connectivity index is 2.12. The molecule has 0 aromatic heterocycles. The Kier molecular flexibility index (Phi) is 3.33. The molecular formula is C10H20N2O2S. The van der Waals surface area contributed by atoms with Gasteiger partial charge in [0, 0.05) is 18.6 Å². The van der Waals surface area contributed by atoms with Crippen molar-refractivity contribution in [1.29, 1.82) is 0 Å². The fraction of sp³-hybridized carbons (Fsp3) is 1.00. The average molecular weight is 232 g/mol. The van der Waals surface area contributed by atoms with Gasteiger partial charge < -0.3 is 5.32 Å². The van der Waals surface area contributed by atoms with Crippen LogP contribution in [0, 0.1) is 0 Å². The highest BCUT2D eigenvalue weighted by molar-refractivity contribution is 7.88. The van der Waals surface area contributed by atoms with E-state index in [1.807, 2.05) is 0 Å². The minimum absolute atomic E-state index is 0.205. The van der Waals surface area contributed by atoms with Crippen molar-refractivity contribution in [2.45, 2.75) is 44.2 Å². The van der Waals surface area contributed by atoms with Gasteiger partial charge in [0.2, 0.25) is 10.0 Å². The Labute approximate surface area is 92.1 Å². The summed E-state index contributed by atoms with van der Waals surface area (Å²) in [5.41, 5.74) is 0. The van der Waals surface area contributed by atoms with Crippen molar-refractivity contribution in [3.8, 4) is 0 Å². The van der Waals surface area contributed by atoms with Gasteiger partial charge in [-0.1, -0.05) is 6.42 Å². The smallest absolute Gasteiger partial charge is 0.211 e. The second-order valence-electron chi connectivity index (χ2n) is 4.64. The van der Waals surface area contributed by atoms with Gasteiger partial charge in [-0.2, -0.15) is 4.31 Å².